The number of hydrogen-bond acceptors (Lipinski definition) is 3. The van der Waals surface area contributed by atoms with Gasteiger partial charge in [-0.3, -0.25) is 9.89 Å². The average Bonchev–Trinajstić information content (AvgIpc) is 2.69. The summed E-state index contributed by atoms with van der Waals surface area (Å²) in [5.41, 5.74) is 3.10. The average molecular weight is 514 g/mol. The zero-order chi connectivity index (χ0) is 20.0. The van der Waals surface area contributed by atoms with Crippen LogP contribution in [0.1, 0.15) is 63.5 Å². The van der Waals surface area contributed by atoms with E-state index in [-0.39, 0.29) is 30.1 Å². The molecule has 0 aromatic heterocycles. The van der Waals surface area contributed by atoms with E-state index in [0.29, 0.717) is 11.5 Å². The molecule has 1 saturated heterocycles. The number of benzene rings is 1. The van der Waals surface area contributed by atoms with Crippen LogP contribution in [0.25, 0.3) is 0 Å². The predicted octanol–water partition coefficient (Wildman–Crippen LogP) is 3.90. The monoisotopic (exact) mass is 514 g/mol. The Kier molecular flexibility index (Phi) is 9.69. The van der Waals surface area contributed by atoms with E-state index < -0.39 is 0 Å². The molecular formula is C23H39IN4O. The molecule has 1 aromatic rings. The molecule has 3 rings (SSSR count). The molecule has 0 atom stereocenters. The largest absolute Gasteiger partial charge is 0.393 e. The first-order chi connectivity index (χ1) is 13.4. The molecule has 164 valence electrons. The van der Waals surface area contributed by atoms with Gasteiger partial charge in [0.15, 0.2) is 5.96 Å². The maximum Gasteiger partial charge on any atom is 0.191 e. The third kappa shape index (κ3) is 8.06. The van der Waals surface area contributed by atoms with Gasteiger partial charge in [-0.15, -0.1) is 24.0 Å². The quantitative estimate of drug-likeness (QED) is 0.317. The van der Waals surface area contributed by atoms with E-state index in [0.717, 1.165) is 45.0 Å². The van der Waals surface area contributed by atoms with Gasteiger partial charge in [0.1, 0.15) is 0 Å². The van der Waals surface area contributed by atoms with Gasteiger partial charge < -0.3 is 15.7 Å². The Morgan fingerprint density at radius 2 is 1.66 bits per heavy atom. The maximum absolute atomic E-state index is 9.63. The zero-order valence-electron chi connectivity index (χ0n) is 18.3. The molecule has 0 spiro atoms. The van der Waals surface area contributed by atoms with Gasteiger partial charge in [0.25, 0.3) is 0 Å². The van der Waals surface area contributed by atoms with Crippen molar-refractivity contribution >= 4 is 29.9 Å². The van der Waals surface area contributed by atoms with Crippen molar-refractivity contribution in [3.05, 3.63) is 35.4 Å². The first-order valence-corrected chi connectivity index (χ1v) is 10.9. The minimum Gasteiger partial charge on any atom is -0.393 e. The SMILES string of the molecule is CN=C(NCc1ccc(CN2CCC(O)CC2)cc1)NC1CCC(C)(C)CC1.I. The minimum absolute atomic E-state index is 0. The number of rotatable bonds is 5. The molecule has 2 fully saturated rings. The Labute approximate surface area is 193 Å². The summed E-state index contributed by atoms with van der Waals surface area (Å²) in [5.74, 6) is 0.903. The van der Waals surface area contributed by atoms with Gasteiger partial charge in [0.2, 0.25) is 0 Å². The van der Waals surface area contributed by atoms with E-state index in [1.54, 1.807) is 0 Å². The summed E-state index contributed by atoms with van der Waals surface area (Å²) in [6, 6.07) is 9.39. The predicted molar refractivity (Wildman–Crippen MR) is 132 cm³/mol. The van der Waals surface area contributed by atoms with E-state index >= 15 is 0 Å². The molecule has 0 amide bonds. The number of aliphatic imine (C=N–C) groups is 1. The van der Waals surface area contributed by atoms with Crippen LogP contribution in [-0.4, -0.2) is 48.2 Å². The van der Waals surface area contributed by atoms with Crippen molar-refractivity contribution < 1.29 is 5.11 Å². The molecule has 1 aliphatic carbocycles. The molecule has 1 heterocycles. The van der Waals surface area contributed by atoms with Crippen molar-refractivity contribution in [3.8, 4) is 0 Å². The first-order valence-electron chi connectivity index (χ1n) is 10.9. The fourth-order valence-electron chi connectivity index (χ4n) is 4.22. The Morgan fingerprint density at radius 1 is 1.07 bits per heavy atom. The van der Waals surface area contributed by atoms with Crippen LogP contribution in [0.5, 0.6) is 0 Å². The van der Waals surface area contributed by atoms with Crippen LogP contribution in [0.2, 0.25) is 0 Å². The lowest BCUT2D eigenvalue weighted by atomic mass is 9.75. The highest BCUT2D eigenvalue weighted by molar-refractivity contribution is 14.0. The number of nitrogens with zero attached hydrogens (tertiary/aromatic N) is 2. The number of nitrogens with one attached hydrogen (secondary N) is 2. The minimum atomic E-state index is -0.104. The molecule has 1 saturated carbocycles. The number of guanidine groups is 1. The van der Waals surface area contributed by atoms with Crippen molar-refractivity contribution in [2.24, 2.45) is 10.4 Å². The van der Waals surface area contributed by atoms with E-state index in [2.05, 4.69) is 58.6 Å². The molecule has 3 N–H and O–H groups in total. The Hall–Kier alpha value is -0.860. The molecule has 0 radical (unpaired) electrons. The van der Waals surface area contributed by atoms with Crippen LogP contribution in [0.15, 0.2) is 29.3 Å². The van der Waals surface area contributed by atoms with Gasteiger partial charge in [-0.1, -0.05) is 38.1 Å². The van der Waals surface area contributed by atoms with E-state index in [4.69, 9.17) is 0 Å². The maximum atomic E-state index is 9.63. The van der Waals surface area contributed by atoms with E-state index in [9.17, 15) is 5.11 Å². The first kappa shape index (κ1) is 24.4. The van der Waals surface area contributed by atoms with Crippen molar-refractivity contribution in [3.63, 3.8) is 0 Å². The lowest BCUT2D eigenvalue weighted by Crippen LogP contribution is -2.45. The Morgan fingerprint density at radius 3 is 2.24 bits per heavy atom. The smallest absolute Gasteiger partial charge is 0.191 e. The Bertz CT molecular complexity index is 629. The van der Waals surface area contributed by atoms with Crippen molar-refractivity contribution in [2.45, 2.75) is 77.6 Å². The van der Waals surface area contributed by atoms with E-state index in [1.165, 1.54) is 36.8 Å². The second-order valence-corrected chi connectivity index (χ2v) is 9.33. The number of likely N-dealkylation sites (tertiary alicyclic amines) is 1. The highest BCUT2D eigenvalue weighted by atomic mass is 127. The van der Waals surface area contributed by atoms with Crippen LogP contribution >= 0.6 is 24.0 Å². The third-order valence-corrected chi connectivity index (χ3v) is 6.35. The molecule has 0 bridgehead atoms. The fourth-order valence-corrected chi connectivity index (χ4v) is 4.22. The summed E-state index contributed by atoms with van der Waals surface area (Å²) in [6.07, 6.45) is 6.68. The summed E-state index contributed by atoms with van der Waals surface area (Å²) in [6.45, 7) is 8.48. The van der Waals surface area contributed by atoms with Crippen LogP contribution in [0.4, 0.5) is 0 Å². The van der Waals surface area contributed by atoms with E-state index in [1.807, 2.05) is 7.05 Å². The van der Waals surface area contributed by atoms with Crippen molar-refractivity contribution in [1.82, 2.24) is 15.5 Å². The summed E-state index contributed by atoms with van der Waals surface area (Å²) < 4.78 is 0. The topological polar surface area (TPSA) is 59.9 Å². The number of aliphatic hydroxyl groups excluding tert-OH is 1. The van der Waals surface area contributed by atoms with Gasteiger partial charge >= 0.3 is 0 Å². The second-order valence-electron chi connectivity index (χ2n) is 9.33. The summed E-state index contributed by atoms with van der Waals surface area (Å²) in [5, 5.41) is 16.7. The van der Waals surface area contributed by atoms with Crippen molar-refractivity contribution in [2.75, 3.05) is 20.1 Å². The van der Waals surface area contributed by atoms with Crippen LogP contribution in [-0.2, 0) is 13.1 Å². The van der Waals surface area contributed by atoms with Crippen LogP contribution < -0.4 is 10.6 Å². The normalized spacial score (nSPS) is 21.4. The highest BCUT2D eigenvalue weighted by Crippen LogP contribution is 2.34. The van der Waals surface area contributed by atoms with Crippen LogP contribution in [0, 0.1) is 5.41 Å². The molecule has 5 nitrogen and oxygen atoms in total. The molecule has 0 unspecified atom stereocenters. The summed E-state index contributed by atoms with van der Waals surface area (Å²) in [7, 11) is 1.85. The lowest BCUT2D eigenvalue weighted by Gasteiger charge is -2.35. The van der Waals surface area contributed by atoms with Crippen molar-refractivity contribution in [1.29, 1.82) is 0 Å². The summed E-state index contributed by atoms with van der Waals surface area (Å²) >= 11 is 0. The van der Waals surface area contributed by atoms with Gasteiger partial charge in [0, 0.05) is 39.3 Å². The fraction of sp³-hybridized carbons (Fsp3) is 0.696. The highest BCUT2D eigenvalue weighted by Gasteiger charge is 2.27. The second kappa shape index (κ2) is 11.5. The van der Waals surface area contributed by atoms with Gasteiger partial charge in [-0.05, 0) is 55.1 Å². The van der Waals surface area contributed by atoms with Gasteiger partial charge in [0.05, 0.1) is 6.10 Å². The number of piperidine rings is 1. The molecule has 6 heteroatoms. The standard InChI is InChI=1S/C23H38N4O.HI/c1-23(2)12-8-20(9-13-23)26-22(24-3)25-16-18-4-6-19(7-5-18)17-27-14-10-21(28)11-15-27;/h4-7,20-21,28H,8-17H2,1-3H3,(H2,24,25,26);1H. The molecule has 1 aliphatic heterocycles. The molecular weight excluding hydrogens is 475 g/mol. The number of hydrogen-bond donors (Lipinski definition) is 3. The third-order valence-electron chi connectivity index (χ3n) is 6.35. The molecule has 29 heavy (non-hydrogen) atoms. The lowest BCUT2D eigenvalue weighted by molar-refractivity contribution is 0.0792. The summed E-state index contributed by atoms with van der Waals surface area (Å²) in [4.78, 5) is 6.83. The Balaban J connectivity index is 0.00000300. The molecule has 1 aromatic carbocycles. The number of aliphatic hydroxyl groups is 1. The molecule has 2 aliphatic rings. The zero-order valence-corrected chi connectivity index (χ0v) is 20.6. The van der Waals surface area contributed by atoms with Gasteiger partial charge in [-0.2, -0.15) is 0 Å². The van der Waals surface area contributed by atoms with Crippen LogP contribution in [0.3, 0.4) is 0 Å². The van der Waals surface area contributed by atoms with Gasteiger partial charge in [-0.25, -0.2) is 0 Å². The number of halogens is 1.